The Hall–Kier alpha value is -2.28. The van der Waals surface area contributed by atoms with Crippen molar-refractivity contribution in [2.24, 2.45) is 0 Å². The number of carbonyl (C=O) groups excluding carboxylic acids is 1. The minimum Gasteiger partial charge on any atom is -0.478 e. The molecule has 0 aliphatic rings. The molecule has 0 saturated heterocycles. The molecule has 1 aromatic carbocycles. The first kappa shape index (κ1) is 15.1. The summed E-state index contributed by atoms with van der Waals surface area (Å²) in [6, 6.07) is 5.37. The van der Waals surface area contributed by atoms with Crippen LogP contribution in [0.15, 0.2) is 34.9 Å². The average molecular weight is 353 g/mol. The molecule has 7 heteroatoms. The number of hydrogen-bond acceptors (Lipinski definition) is 3. The molecule has 2 aromatic rings. The van der Waals surface area contributed by atoms with Gasteiger partial charge in [-0.1, -0.05) is 0 Å². The van der Waals surface area contributed by atoms with Gasteiger partial charge in [-0.25, -0.2) is 9.18 Å². The second-order valence-electron chi connectivity index (χ2n) is 4.24. The number of pyridine rings is 1. The number of carboxylic acid groups (broad SMARTS) is 1. The number of aryl methyl sites for hydroxylation is 1. The maximum atomic E-state index is 13.5. The van der Waals surface area contributed by atoms with Crippen molar-refractivity contribution in [3.63, 3.8) is 0 Å². The first-order valence-corrected chi connectivity index (χ1v) is 6.64. The van der Waals surface area contributed by atoms with Gasteiger partial charge in [0.1, 0.15) is 11.5 Å². The normalized spacial score (nSPS) is 10.2. The average Bonchev–Trinajstić information content (AvgIpc) is 2.44. The summed E-state index contributed by atoms with van der Waals surface area (Å²) in [6.07, 6.45) is 1.32. The molecular formula is C14H10BrFN2O3. The van der Waals surface area contributed by atoms with Gasteiger partial charge in [0.15, 0.2) is 0 Å². The molecule has 0 unspecified atom stereocenters. The molecule has 108 valence electrons. The molecule has 2 rings (SSSR count). The Balaban J connectivity index is 2.35. The third kappa shape index (κ3) is 3.25. The van der Waals surface area contributed by atoms with Gasteiger partial charge in [0.25, 0.3) is 5.91 Å². The van der Waals surface area contributed by atoms with Gasteiger partial charge in [-0.15, -0.1) is 0 Å². The summed E-state index contributed by atoms with van der Waals surface area (Å²) in [5.41, 5.74) is 0.435. The number of carboxylic acids is 1. The molecule has 2 N–H and O–H groups in total. The van der Waals surface area contributed by atoms with Crippen LogP contribution in [0.5, 0.6) is 0 Å². The molecule has 0 atom stereocenters. The fourth-order valence-corrected chi connectivity index (χ4v) is 2.18. The summed E-state index contributed by atoms with van der Waals surface area (Å²) in [5.74, 6) is -2.50. The van der Waals surface area contributed by atoms with E-state index in [4.69, 9.17) is 5.11 Å². The summed E-state index contributed by atoms with van der Waals surface area (Å²) in [4.78, 5) is 26.9. The number of hydrogen-bond donors (Lipinski definition) is 2. The van der Waals surface area contributed by atoms with Gasteiger partial charge in [0.2, 0.25) is 0 Å². The lowest BCUT2D eigenvalue weighted by molar-refractivity contribution is 0.0691. The van der Waals surface area contributed by atoms with Gasteiger partial charge in [0.05, 0.1) is 10.0 Å². The van der Waals surface area contributed by atoms with Crippen LogP contribution in [0, 0.1) is 12.7 Å². The highest BCUT2D eigenvalue weighted by atomic mass is 79.9. The van der Waals surface area contributed by atoms with Gasteiger partial charge in [-0.3, -0.25) is 9.78 Å². The van der Waals surface area contributed by atoms with Gasteiger partial charge in [0, 0.05) is 11.9 Å². The molecule has 5 nitrogen and oxygen atoms in total. The van der Waals surface area contributed by atoms with Crippen molar-refractivity contribution in [1.29, 1.82) is 0 Å². The maximum absolute atomic E-state index is 13.5. The van der Waals surface area contributed by atoms with Gasteiger partial charge >= 0.3 is 5.97 Å². The van der Waals surface area contributed by atoms with Crippen molar-refractivity contribution in [3.05, 3.63) is 57.6 Å². The standard InChI is InChI=1S/C14H10BrFN2O3/c1-7-5-9(15)10(16)6-11(7)18-13(19)12-8(14(20)21)3-2-4-17-12/h2-6H,1H3,(H,18,19)(H,20,21). The second-order valence-corrected chi connectivity index (χ2v) is 5.09. The Labute approximate surface area is 128 Å². The highest BCUT2D eigenvalue weighted by Crippen LogP contribution is 2.24. The van der Waals surface area contributed by atoms with E-state index in [0.717, 1.165) is 6.07 Å². The van der Waals surface area contributed by atoms with Crippen molar-refractivity contribution in [2.45, 2.75) is 6.92 Å². The van der Waals surface area contributed by atoms with E-state index < -0.39 is 17.7 Å². The molecule has 0 aliphatic heterocycles. The second kappa shape index (κ2) is 6.01. The highest BCUT2D eigenvalue weighted by Gasteiger charge is 2.18. The summed E-state index contributed by atoms with van der Waals surface area (Å²) >= 11 is 3.04. The predicted octanol–water partition coefficient (Wildman–Crippen LogP) is 3.24. The lowest BCUT2D eigenvalue weighted by Crippen LogP contribution is -2.18. The predicted molar refractivity (Wildman–Crippen MR) is 78.0 cm³/mol. The quantitative estimate of drug-likeness (QED) is 0.888. The number of rotatable bonds is 3. The van der Waals surface area contributed by atoms with E-state index in [0.29, 0.717) is 5.56 Å². The number of nitrogens with one attached hydrogen (secondary N) is 1. The molecular weight excluding hydrogens is 343 g/mol. The van der Waals surface area contributed by atoms with Gasteiger partial charge < -0.3 is 10.4 Å². The lowest BCUT2D eigenvalue weighted by Gasteiger charge is -2.10. The van der Waals surface area contributed by atoms with E-state index >= 15 is 0 Å². The van der Waals surface area contributed by atoms with Crippen molar-refractivity contribution >= 4 is 33.5 Å². The number of benzene rings is 1. The largest absolute Gasteiger partial charge is 0.478 e. The van der Waals surface area contributed by atoms with Crippen molar-refractivity contribution in [1.82, 2.24) is 4.98 Å². The first-order chi connectivity index (χ1) is 9.90. The molecule has 1 heterocycles. The summed E-state index contributed by atoms with van der Waals surface area (Å²) < 4.78 is 13.8. The molecule has 0 saturated carbocycles. The van der Waals surface area contributed by atoms with E-state index in [-0.39, 0.29) is 21.4 Å². The Bertz CT molecular complexity index is 734. The monoisotopic (exact) mass is 352 g/mol. The SMILES string of the molecule is Cc1cc(Br)c(F)cc1NC(=O)c1ncccc1C(=O)O. The lowest BCUT2D eigenvalue weighted by atomic mass is 10.1. The van der Waals surface area contributed by atoms with Crippen LogP contribution >= 0.6 is 15.9 Å². The number of amides is 1. The zero-order valence-electron chi connectivity index (χ0n) is 10.9. The molecule has 21 heavy (non-hydrogen) atoms. The van der Waals surface area contributed by atoms with Crippen LogP contribution in [0.3, 0.4) is 0 Å². The summed E-state index contributed by atoms with van der Waals surface area (Å²) in [6.45, 7) is 1.69. The first-order valence-electron chi connectivity index (χ1n) is 5.85. The molecule has 1 amide bonds. The smallest absolute Gasteiger partial charge is 0.338 e. The van der Waals surface area contributed by atoms with E-state index in [2.05, 4.69) is 26.2 Å². The van der Waals surface area contributed by atoms with Crippen LogP contribution in [-0.2, 0) is 0 Å². The van der Waals surface area contributed by atoms with Crippen LogP contribution < -0.4 is 5.32 Å². The zero-order valence-corrected chi connectivity index (χ0v) is 12.4. The minimum atomic E-state index is -1.26. The molecule has 0 fully saturated rings. The minimum absolute atomic E-state index is 0.217. The van der Waals surface area contributed by atoms with E-state index in [1.165, 1.54) is 24.4 Å². The van der Waals surface area contributed by atoms with E-state index in [1.807, 2.05) is 0 Å². The molecule has 0 spiro atoms. The Morgan fingerprint density at radius 2 is 2.10 bits per heavy atom. The Kier molecular flexibility index (Phi) is 4.32. The van der Waals surface area contributed by atoms with Crippen molar-refractivity contribution in [3.8, 4) is 0 Å². The van der Waals surface area contributed by atoms with Crippen LogP contribution in [0.2, 0.25) is 0 Å². The third-order valence-corrected chi connectivity index (χ3v) is 3.38. The Morgan fingerprint density at radius 3 is 2.76 bits per heavy atom. The van der Waals surface area contributed by atoms with Crippen molar-refractivity contribution in [2.75, 3.05) is 5.32 Å². The van der Waals surface area contributed by atoms with Gasteiger partial charge in [-0.2, -0.15) is 0 Å². The fraction of sp³-hybridized carbons (Fsp3) is 0.0714. The fourth-order valence-electron chi connectivity index (χ4n) is 1.72. The van der Waals surface area contributed by atoms with Gasteiger partial charge in [-0.05, 0) is 52.7 Å². The van der Waals surface area contributed by atoms with Crippen LogP contribution in [0.4, 0.5) is 10.1 Å². The van der Waals surface area contributed by atoms with Crippen molar-refractivity contribution < 1.29 is 19.1 Å². The third-order valence-electron chi connectivity index (χ3n) is 2.77. The Morgan fingerprint density at radius 1 is 1.38 bits per heavy atom. The topological polar surface area (TPSA) is 79.3 Å². The summed E-state index contributed by atoms with van der Waals surface area (Å²) in [7, 11) is 0. The molecule has 0 aliphatic carbocycles. The molecule has 0 bridgehead atoms. The van der Waals surface area contributed by atoms with E-state index in [1.54, 1.807) is 6.92 Å². The number of aromatic nitrogens is 1. The van der Waals surface area contributed by atoms with Crippen LogP contribution in [0.1, 0.15) is 26.4 Å². The van der Waals surface area contributed by atoms with E-state index in [9.17, 15) is 14.0 Å². The number of carbonyl (C=O) groups is 2. The zero-order chi connectivity index (χ0) is 15.6. The maximum Gasteiger partial charge on any atom is 0.338 e. The number of nitrogens with zero attached hydrogens (tertiary/aromatic N) is 1. The highest BCUT2D eigenvalue weighted by molar-refractivity contribution is 9.10. The molecule has 1 aromatic heterocycles. The number of anilines is 1. The summed E-state index contributed by atoms with van der Waals surface area (Å²) in [5, 5.41) is 11.5. The number of halogens is 2. The number of aromatic carboxylic acids is 1. The van der Waals surface area contributed by atoms with Crippen LogP contribution in [-0.4, -0.2) is 22.0 Å². The molecule has 0 radical (unpaired) electrons. The van der Waals surface area contributed by atoms with Crippen LogP contribution in [0.25, 0.3) is 0 Å².